The normalized spacial score (nSPS) is 17.3. The van der Waals surface area contributed by atoms with Crippen molar-refractivity contribution in [1.82, 2.24) is 24.6 Å². The molecule has 2 N–H and O–H groups in total. The first-order valence-electron chi connectivity index (χ1n) is 10.0. The second kappa shape index (κ2) is 7.11. The molecule has 5 rings (SSSR count). The van der Waals surface area contributed by atoms with Gasteiger partial charge >= 0.3 is 0 Å². The van der Waals surface area contributed by atoms with Crippen LogP contribution in [0.15, 0.2) is 30.5 Å². The van der Waals surface area contributed by atoms with Crippen LogP contribution < -0.4 is 5.32 Å². The minimum absolute atomic E-state index is 0.212. The number of anilines is 1. The third-order valence-corrected chi connectivity index (χ3v) is 6.45. The highest BCUT2D eigenvalue weighted by Crippen LogP contribution is 2.38. The van der Waals surface area contributed by atoms with E-state index in [1.165, 1.54) is 0 Å². The number of hydrogen-bond acceptors (Lipinski definition) is 4. The lowest BCUT2D eigenvalue weighted by molar-refractivity contribution is 0.102. The van der Waals surface area contributed by atoms with Crippen LogP contribution in [0.1, 0.15) is 40.6 Å². The summed E-state index contributed by atoms with van der Waals surface area (Å²) in [6.07, 6.45) is 3.96. The Balaban J connectivity index is 1.44. The first-order valence-corrected chi connectivity index (χ1v) is 10.4. The van der Waals surface area contributed by atoms with Crippen molar-refractivity contribution in [2.24, 2.45) is 7.05 Å². The second-order valence-corrected chi connectivity index (χ2v) is 8.38. The lowest BCUT2D eigenvalue weighted by Gasteiger charge is -2.18. The molecule has 0 bridgehead atoms. The van der Waals surface area contributed by atoms with Crippen molar-refractivity contribution in [3.05, 3.63) is 52.4 Å². The molecule has 8 heteroatoms. The Labute approximate surface area is 179 Å². The van der Waals surface area contributed by atoms with Gasteiger partial charge < -0.3 is 10.3 Å². The number of nitrogens with one attached hydrogen (secondary N) is 2. The van der Waals surface area contributed by atoms with Gasteiger partial charge in [-0.1, -0.05) is 17.7 Å². The Morgan fingerprint density at radius 3 is 2.87 bits per heavy atom. The zero-order valence-electron chi connectivity index (χ0n) is 17.2. The van der Waals surface area contributed by atoms with E-state index < -0.39 is 0 Å². The molecule has 1 amide bonds. The smallest absolute Gasteiger partial charge is 0.256 e. The summed E-state index contributed by atoms with van der Waals surface area (Å²) in [5, 5.41) is 9.93. The maximum Gasteiger partial charge on any atom is 0.256 e. The van der Waals surface area contributed by atoms with Crippen molar-refractivity contribution in [1.29, 1.82) is 0 Å². The Morgan fingerprint density at radius 1 is 1.27 bits per heavy atom. The average molecular weight is 423 g/mol. The van der Waals surface area contributed by atoms with Crippen LogP contribution in [-0.2, 0) is 7.05 Å². The van der Waals surface area contributed by atoms with Crippen molar-refractivity contribution >= 4 is 45.1 Å². The van der Waals surface area contributed by atoms with E-state index in [-0.39, 0.29) is 11.9 Å². The number of H-pyrrole nitrogens is 1. The SMILES string of the molecule is Cc1nn(C)c2cc(C(=O)Nc3cc4[nH]c([C@H]5CCCN5C)c(Cl)c4cn3)ccc12. The Bertz CT molecular complexity index is 1290. The number of halogens is 1. The number of carbonyl (C=O) groups excluding carboxylic acids is 1. The molecule has 0 saturated carbocycles. The lowest BCUT2D eigenvalue weighted by atomic mass is 10.1. The van der Waals surface area contributed by atoms with Gasteiger partial charge in [-0.25, -0.2) is 4.98 Å². The Hall–Kier alpha value is -2.90. The van der Waals surface area contributed by atoms with E-state index in [1.54, 1.807) is 10.9 Å². The molecule has 1 aromatic carbocycles. The molecule has 1 aliphatic rings. The number of likely N-dealkylation sites (tertiary alicyclic amines) is 1. The number of hydrogen-bond donors (Lipinski definition) is 2. The highest BCUT2D eigenvalue weighted by Gasteiger charge is 2.27. The van der Waals surface area contributed by atoms with E-state index in [1.807, 2.05) is 38.2 Å². The minimum Gasteiger partial charge on any atom is -0.356 e. The highest BCUT2D eigenvalue weighted by atomic mass is 35.5. The standard InChI is InChI=1S/C22H23ClN6O/c1-12-14-7-6-13(9-18(14)29(3)27-12)22(30)26-19-10-16-15(11-24-19)20(23)21(25-16)17-5-4-8-28(17)2/h6-7,9-11,17,25H,4-5,8H2,1-3H3,(H,24,26,30)/t17-/m1/s1. The summed E-state index contributed by atoms with van der Waals surface area (Å²) in [6, 6.07) is 7.72. The maximum atomic E-state index is 12.8. The van der Waals surface area contributed by atoms with Gasteiger partial charge in [0, 0.05) is 35.6 Å². The predicted octanol–water partition coefficient (Wildman–Crippen LogP) is 4.43. The largest absolute Gasteiger partial charge is 0.356 e. The van der Waals surface area contributed by atoms with Gasteiger partial charge in [-0.15, -0.1) is 0 Å². The van der Waals surface area contributed by atoms with Crippen molar-refractivity contribution < 1.29 is 4.79 Å². The number of amides is 1. The quantitative estimate of drug-likeness (QED) is 0.512. The van der Waals surface area contributed by atoms with Gasteiger partial charge in [-0.05, 0) is 45.5 Å². The van der Waals surface area contributed by atoms with Crippen LogP contribution in [-0.4, -0.2) is 44.1 Å². The highest BCUT2D eigenvalue weighted by molar-refractivity contribution is 6.36. The van der Waals surface area contributed by atoms with Crippen LogP contribution in [0.3, 0.4) is 0 Å². The summed E-state index contributed by atoms with van der Waals surface area (Å²) in [4.78, 5) is 23.0. The molecule has 1 saturated heterocycles. The lowest BCUT2D eigenvalue weighted by Crippen LogP contribution is -2.17. The van der Waals surface area contributed by atoms with Crippen LogP contribution in [0.2, 0.25) is 5.02 Å². The molecule has 1 atom stereocenters. The third-order valence-electron chi connectivity index (χ3n) is 6.04. The van der Waals surface area contributed by atoms with E-state index in [0.717, 1.165) is 52.6 Å². The fourth-order valence-corrected chi connectivity index (χ4v) is 4.74. The van der Waals surface area contributed by atoms with Gasteiger partial charge in [0.1, 0.15) is 5.82 Å². The number of aromatic amines is 1. The molecule has 30 heavy (non-hydrogen) atoms. The summed E-state index contributed by atoms with van der Waals surface area (Å²) in [5.41, 5.74) is 4.32. The van der Waals surface area contributed by atoms with Gasteiger partial charge in [0.25, 0.3) is 5.91 Å². The van der Waals surface area contributed by atoms with Crippen LogP contribution in [0, 0.1) is 6.92 Å². The Morgan fingerprint density at radius 2 is 2.10 bits per heavy atom. The molecule has 4 heterocycles. The zero-order chi connectivity index (χ0) is 21.0. The predicted molar refractivity (Wildman–Crippen MR) is 119 cm³/mol. The number of fused-ring (bicyclic) bond motifs is 2. The van der Waals surface area contributed by atoms with Crippen LogP contribution >= 0.6 is 11.6 Å². The van der Waals surface area contributed by atoms with Crippen LogP contribution in [0.4, 0.5) is 5.82 Å². The first kappa shape index (κ1) is 19.1. The number of pyridine rings is 1. The maximum absolute atomic E-state index is 12.8. The molecule has 1 fully saturated rings. The van der Waals surface area contributed by atoms with Gasteiger partial charge in [0.05, 0.1) is 33.5 Å². The van der Waals surface area contributed by atoms with Crippen molar-refractivity contribution in [3.8, 4) is 0 Å². The van der Waals surface area contributed by atoms with Crippen LogP contribution in [0.25, 0.3) is 21.8 Å². The topological polar surface area (TPSA) is 78.8 Å². The summed E-state index contributed by atoms with van der Waals surface area (Å²) < 4.78 is 1.79. The van der Waals surface area contributed by atoms with Crippen molar-refractivity contribution in [2.45, 2.75) is 25.8 Å². The van der Waals surface area contributed by atoms with Gasteiger partial charge in [-0.2, -0.15) is 5.10 Å². The van der Waals surface area contributed by atoms with E-state index >= 15 is 0 Å². The van der Waals surface area contributed by atoms with E-state index in [2.05, 4.69) is 32.3 Å². The fourth-order valence-electron chi connectivity index (χ4n) is 4.42. The Kier molecular flexibility index (Phi) is 4.52. The van der Waals surface area contributed by atoms with E-state index in [4.69, 9.17) is 11.6 Å². The zero-order valence-corrected chi connectivity index (χ0v) is 17.9. The van der Waals surface area contributed by atoms with Crippen molar-refractivity contribution in [3.63, 3.8) is 0 Å². The van der Waals surface area contributed by atoms with Gasteiger partial charge in [-0.3, -0.25) is 14.4 Å². The number of aryl methyl sites for hydroxylation is 2. The number of carbonyl (C=O) groups is 1. The minimum atomic E-state index is -0.212. The molecule has 1 aliphatic heterocycles. The molecule has 3 aromatic heterocycles. The van der Waals surface area contributed by atoms with Gasteiger partial charge in [0.2, 0.25) is 0 Å². The van der Waals surface area contributed by atoms with E-state index in [0.29, 0.717) is 16.4 Å². The fraction of sp³-hybridized carbons (Fsp3) is 0.318. The number of nitrogens with zero attached hydrogens (tertiary/aromatic N) is 4. The molecule has 0 aliphatic carbocycles. The summed E-state index contributed by atoms with van der Waals surface area (Å²) in [7, 11) is 3.99. The van der Waals surface area contributed by atoms with Crippen LogP contribution in [0.5, 0.6) is 0 Å². The summed E-state index contributed by atoms with van der Waals surface area (Å²) in [5.74, 6) is 0.272. The number of aromatic nitrogens is 4. The molecule has 154 valence electrons. The molecule has 0 spiro atoms. The van der Waals surface area contributed by atoms with E-state index in [9.17, 15) is 4.79 Å². The molecule has 7 nitrogen and oxygen atoms in total. The number of benzene rings is 1. The molecular formula is C22H23ClN6O. The third kappa shape index (κ3) is 3.05. The monoisotopic (exact) mass is 422 g/mol. The summed E-state index contributed by atoms with van der Waals surface area (Å²) >= 11 is 6.64. The molecule has 0 unspecified atom stereocenters. The number of rotatable bonds is 3. The second-order valence-electron chi connectivity index (χ2n) is 8.00. The molecule has 0 radical (unpaired) electrons. The molecule has 4 aromatic rings. The average Bonchev–Trinajstić information content (AvgIpc) is 3.37. The van der Waals surface area contributed by atoms with Gasteiger partial charge in [0.15, 0.2) is 0 Å². The summed E-state index contributed by atoms with van der Waals surface area (Å²) in [6.45, 7) is 3.02. The van der Waals surface area contributed by atoms with Crippen molar-refractivity contribution in [2.75, 3.05) is 18.9 Å². The first-order chi connectivity index (χ1) is 14.4. The molecular weight excluding hydrogens is 400 g/mol.